The number of carboxylic acid groups (broad SMARTS) is 1. The number of hydrogen-bond acceptors (Lipinski definition) is 2. The molecule has 2 rings (SSSR count). The number of rotatable bonds is 2. The van der Waals surface area contributed by atoms with Crippen molar-refractivity contribution in [2.24, 2.45) is 11.8 Å². The number of carboxylic acids is 1. The van der Waals surface area contributed by atoms with Gasteiger partial charge in [-0.2, -0.15) is 0 Å². The van der Waals surface area contributed by atoms with Crippen LogP contribution in [-0.4, -0.2) is 23.8 Å². The van der Waals surface area contributed by atoms with Gasteiger partial charge in [-0.15, -0.1) is 0 Å². The van der Waals surface area contributed by atoms with Gasteiger partial charge in [0, 0.05) is 6.61 Å². The van der Waals surface area contributed by atoms with Crippen LogP contribution in [0.3, 0.4) is 0 Å². The van der Waals surface area contributed by atoms with Crippen LogP contribution in [0.25, 0.3) is 0 Å². The standard InChI is InChI=1S/C9H14O3/c10-9(11)7-5-6(7)8-3-1-2-4-12-8/h6-8H,1-5H2,(H,10,11)/t6-,7-,8?/m0/s1. The Balaban J connectivity index is 1.83. The zero-order valence-corrected chi connectivity index (χ0v) is 7.03. The van der Waals surface area contributed by atoms with Crippen molar-refractivity contribution < 1.29 is 14.6 Å². The van der Waals surface area contributed by atoms with Crippen molar-refractivity contribution in [3.8, 4) is 0 Å². The molecule has 0 radical (unpaired) electrons. The van der Waals surface area contributed by atoms with E-state index in [4.69, 9.17) is 9.84 Å². The molecule has 1 aliphatic carbocycles. The second-order valence-electron chi connectivity index (χ2n) is 3.75. The van der Waals surface area contributed by atoms with Gasteiger partial charge in [0.15, 0.2) is 0 Å². The zero-order chi connectivity index (χ0) is 8.55. The van der Waals surface area contributed by atoms with Gasteiger partial charge in [0.1, 0.15) is 0 Å². The summed E-state index contributed by atoms with van der Waals surface area (Å²) in [6.45, 7) is 0.827. The summed E-state index contributed by atoms with van der Waals surface area (Å²) < 4.78 is 5.52. The van der Waals surface area contributed by atoms with E-state index in [-0.39, 0.29) is 12.0 Å². The fourth-order valence-corrected chi connectivity index (χ4v) is 2.01. The third-order valence-electron chi connectivity index (χ3n) is 2.85. The monoisotopic (exact) mass is 170 g/mol. The molecule has 1 saturated heterocycles. The Morgan fingerprint density at radius 1 is 1.42 bits per heavy atom. The molecule has 3 nitrogen and oxygen atoms in total. The molecule has 1 aliphatic heterocycles. The van der Waals surface area contributed by atoms with Gasteiger partial charge in [-0.05, 0) is 31.6 Å². The highest BCUT2D eigenvalue weighted by Gasteiger charge is 2.48. The van der Waals surface area contributed by atoms with Crippen LogP contribution >= 0.6 is 0 Å². The predicted octanol–water partition coefficient (Wildman–Crippen LogP) is 1.28. The van der Waals surface area contributed by atoms with Gasteiger partial charge < -0.3 is 9.84 Å². The first-order valence-electron chi connectivity index (χ1n) is 4.63. The van der Waals surface area contributed by atoms with Crippen LogP contribution in [0, 0.1) is 11.8 Å². The van der Waals surface area contributed by atoms with Crippen LogP contribution in [0.5, 0.6) is 0 Å². The van der Waals surface area contributed by atoms with Gasteiger partial charge in [-0.1, -0.05) is 0 Å². The highest BCUT2D eigenvalue weighted by Crippen LogP contribution is 2.44. The lowest BCUT2D eigenvalue weighted by atomic mass is 10.0. The molecule has 0 amide bonds. The van der Waals surface area contributed by atoms with Crippen molar-refractivity contribution in [1.82, 2.24) is 0 Å². The maximum atomic E-state index is 10.6. The summed E-state index contributed by atoms with van der Waals surface area (Å²) in [4.78, 5) is 10.6. The minimum atomic E-state index is -0.644. The van der Waals surface area contributed by atoms with Crippen molar-refractivity contribution in [3.63, 3.8) is 0 Å². The summed E-state index contributed by atoms with van der Waals surface area (Å²) in [7, 11) is 0. The van der Waals surface area contributed by atoms with Crippen LogP contribution < -0.4 is 0 Å². The zero-order valence-electron chi connectivity index (χ0n) is 7.03. The topological polar surface area (TPSA) is 46.5 Å². The van der Waals surface area contributed by atoms with Crippen molar-refractivity contribution >= 4 is 5.97 Å². The summed E-state index contributed by atoms with van der Waals surface area (Å²) in [6, 6.07) is 0. The lowest BCUT2D eigenvalue weighted by molar-refractivity contribution is -0.139. The molecule has 0 aromatic carbocycles. The SMILES string of the molecule is O=C(O)[C@H]1C[C@@H]1C1CCCCO1. The molecule has 1 heterocycles. The average molecular weight is 170 g/mol. The number of aliphatic carboxylic acids is 1. The second-order valence-corrected chi connectivity index (χ2v) is 3.75. The summed E-state index contributed by atoms with van der Waals surface area (Å²) in [5.74, 6) is -0.426. The van der Waals surface area contributed by atoms with Crippen LogP contribution in [0.4, 0.5) is 0 Å². The maximum absolute atomic E-state index is 10.6. The fourth-order valence-electron chi connectivity index (χ4n) is 2.01. The maximum Gasteiger partial charge on any atom is 0.306 e. The van der Waals surface area contributed by atoms with E-state index in [1.807, 2.05) is 0 Å². The number of carbonyl (C=O) groups is 1. The van der Waals surface area contributed by atoms with Gasteiger partial charge in [-0.25, -0.2) is 0 Å². The largest absolute Gasteiger partial charge is 0.481 e. The third-order valence-corrected chi connectivity index (χ3v) is 2.85. The average Bonchev–Trinajstić information content (AvgIpc) is 2.84. The first-order valence-corrected chi connectivity index (χ1v) is 4.63. The van der Waals surface area contributed by atoms with Gasteiger partial charge in [0.2, 0.25) is 0 Å². The lowest BCUT2D eigenvalue weighted by Gasteiger charge is -2.22. The fraction of sp³-hybridized carbons (Fsp3) is 0.889. The van der Waals surface area contributed by atoms with E-state index in [0.717, 1.165) is 25.9 Å². The Labute approximate surface area is 71.7 Å². The molecule has 1 saturated carbocycles. The first-order chi connectivity index (χ1) is 5.79. The van der Waals surface area contributed by atoms with E-state index in [2.05, 4.69) is 0 Å². The van der Waals surface area contributed by atoms with Gasteiger partial charge in [0.25, 0.3) is 0 Å². The van der Waals surface area contributed by atoms with E-state index in [1.54, 1.807) is 0 Å². The molecular weight excluding hydrogens is 156 g/mol. The number of hydrogen-bond donors (Lipinski definition) is 1. The van der Waals surface area contributed by atoms with Crippen LogP contribution in [0.1, 0.15) is 25.7 Å². The van der Waals surface area contributed by atoms with Gasteiger partial charge >= 0.3 is 5.97 Å². The highest BCUT2D eigenvalue weighted by molar-refractivity contribution is 5.73. The Morgan fingerprint density at radius 2 is 2.25 bits per heavy atom. The predicted molar refractivity (Wildman–Crippen MR) is 42.8 cm³/mol. The summed E-state index contributed by atoms with van der Waals surface area (Å²) in [5.41, 5.74) is 0. The quantitative estimate of drug-likeness (QED) is 0.679. The molecule has 3 heteroatoms. The van der Waals surface area contributed by atoms with E-state index in [0.29, 0.717) is 5.92 Å². The van der Waals surface area contributed by atoms with E-state index >= 15 is 0 Å². The molecule has 0 aromatic rings. The molecule has 0 spiro atoms. The minimum Gasteiger partial charge on any atom is -0.481 e. The van der Waals surface area contributed by atoms with Crippen LogP contribution in [0.2, 0.25) is 0 Å². The van der Waals surface area contributed by atoms with Crippen molar-refractivity contribution in [1.29, 1.82) is 0 Å². The van der Waals surface area contributed by atoms with Gasteiger partial charge in [0.05, 0.1) is 12.0 Å². The lowest BCUT2D eigenvalue weighted by Crippen LogP contribution is -2.22. The highest BCUT2D eigenvalue weighted by atomic mass is 16.5. The Kier molecular flexibility index (Phi) is 2.05. The number of ether oxygens (including phenoxy) is 1. The van der Waals surface area contributed by atoms with Gasteiger partial charge in [-0.3, -0.25) is 4.79 Å². The molecular formula is C9H14O3. The molecule has 1 unspecified atom stereocenters. The molecule has 0 bridgehead atoms. The third kappa shape index (κ3) is 1.46. The Hall–Kier alpha value is -0.570. The van der Waals surface area contributed by atoms with E-state index in [9.17, 15) is 4.79 Å². The van der Waals surface area contributed by atoms with E-state index in [1.165, 1.54) is 6.42 Å². The second kappa shape index (κ2) is 3.05. The first kappa shape index (κ1) is 8.05. The Bertz CT molecular complexity index is 184. The molecule has 68 valence electrons. The normalized spacial score (nSPS) is 40.8. The molecule has 2 aliphatic rings. The van der Waals surface area contributed by atoms with Crippen molar-refractivity contribution in [2.75, 3.05) is 6.61 Å². The van der Waals surface area contributed by atoms with Crippen molar-refractivity contribution in [3.05, 3.63) is 0 Å². The minimum absolute atomic E-state index is 0.104. The molecule has 12 heavy (non-hydrogen) atoms. The summed E-state index contributed by atoms with van der Waals surface area (Å²) in [5, 5.41) is 8.70. The van der Waals surface area contributed by atoms with E-state index < -0.39 is 5.97 Å². The summed E-state index contributed by atoms with van der Waals surface area (Å²) >= 11 is 0. The molecule has 0 aromatic heterocycles. The Morgan fingerprint density at radius 3 is 2.75 bits per heavy atom. The van der Waals surface area contributed by atoms with Crippen LogP contribution in [-0.2, 0) is 9.53 Å². The van der Waals surface area contributed by atoms with Crippen molar-refractivity contribution in [2.45, 2.75) is 31.8 Å². The smallest absolute Gasteiger partial charge is 0.306 e. The molecule has 2 fully saturated rings. The molecule has 1 N–H and O–H groups in total. The molecule has 3 atom stereocenters. The summed E-state index contributed by atoms with van der Waals surface area (Å²) in [6.07, 6.45) is 4.49. The van der Waals surface area contributed by atoms with Crippen LogP contribution in [0.15, 0.2) is 0 Å².